The Morgan fingerprint density at radius 2 is 0.585 bits per heavy atom. The highest BCUT2D eigenvalue weighted by atomic mass is 16.5. The van der Waals surface area contributed by atoms with Crippen molar-refractivity contribution < 1.29 is 29.2 Å². The van der Waals surface area contributed by atoms with E-state index >= 15 is 0 Å². The summed E-state index contributed by atoms with van der Waals surface area (Å²) in [4.78, 5) is 0. The number of phenols is 2. The van der Waals surface area contributed by atoms with Gasteiger partial charge in [0.05, 0.1) is 0 Å². The summed E-state index contributed by atoms with van der Waals surface area (Å²) in [7, 11) is 0. The molecule has 6 aromatic rings. The number of aromatic hydroxyl groups is 2. The maximum atomic E-state index is 10.1. The van der Waals surface area contributed by atoms with Gasteiger partial charge in [0.2, 0.25) is 0 Å². The summed E-state index contributed by atoms with van der Waals surface area (Å²) in [5.41, 5.74) is 9.01. The molecule has 0 aliphatic heterocycles. The summed E-state index contributed by atoms with van der Waals surface area (Å²) in [5, 5.41) is 20.3. The Kier molecular flexibility index (Phi) is 10.2. The minimum atomic E-state index is -0.259. The van der Waals surface area contributed by atoms with Crippen LogP contribution in [0.3, 0.4) is 0 Å². The summed E-state index contributed by atoms with van der Waals surface area (Å²) in [6.07, 6.45) is 0. The topological polar surface area (TPSA) is 77.4 Å². The first kappa shape index (κ1) is 36.9. The fourth-order valence-corrected chi connectivity index (χ4v) is 6.76. The van der Waals surface area contributed by atoms with E-state index < -0.39 is 0 Å². The minimum Gasteiger partial charge on any atom is -0.507 e. The lowest BCUT2D eigenvalue weighted by molar-refractivity contribution is 0.451. The smallest absolute Gasteiger partial charge is 0.133 e. The van der Waals surface area contributed by atoms with E-state index in [0.717, 1.165) is 90.1 Å². The number of phenolic OH excluding ortho intramolecular Hbond substituents is 2. The average molecular weight is 709 g/mol. The van der Waals surface area contributed by atoms with E-state index in [2.05, 4.69) is 38.1 Å². The fourth-order valence-electron chi connectivity index (χ4n) is 6.76. The van der Waals surface area contributed by atoms with Crippen LogP contribution in [0.1, 0.15) is 69.5 Å². The van der Waals surface area contributed by atoms with E-state index in [4.69, 9.17) is 18.9 Å². The van der Waals surface area contributed by atoms with Crippen molar-refractivity contribution >= 4 is 0 Å². The molecule has 0 spiro atoms. The van der Waals surface area contributed by atoms with Gasteiger partial charge in [0.1, 0.15) is 57.5 Å². The van der Waals surface area contributed by atoms with Crippen LogP contribution in [-0.2, 0) is 5.41 Å². The van der Waals surface area contributed by atoms with Gasteiger partial charge < -0.3 is 29.2 Å². The quantitative estimate of drug-likeness (QED) is 0.147. The predicted octanol–water partition coefficient (Wildman–Crippen LogP) is 13.1. The molecule has 6 nitrogen and oxygen atoms in total. The lowest BCUT2D eigenvalue weighted by Gasteiger charge is -2.26. The first-order valence-electron chi connectivity index (χ1n) is 17.8. The van der Waals surface area contributed by atoms with Crippen molar-refractivity contribution in [2.45, 2.75) is 74.7 Å². The van der Waals surface area contributed by atoms with Crippen LogP contribution < -0.4 is 18.9 Å². The van der Waals surface area contributed by atoms with E-state index in [1.807, 2.05) is 128 Å². The van der Waals surface area contributed by atoms with Crippen molar-refractivity contribution in [3.63, 3.8) is 0 Å². The van der Waals surface area contributed by atoms with Crippen LogP contribution in [-0.4, -0.2) is 10.2 Å². The highest BCUT2D eigenvalue weighted by molar-refractivity contribution is 5.54. The minimum absolute atomic E-state index is 0.259. The monoisotopic (exact) mass is 708 g/mol. The van der Waals surface area contributed by atoms with Crippen LogP contribution in [0, 0.1) is 55.4 Å². The van der Waals surface area contributed by atoms with Gasteiger partial charge in [0.25, 0.3) is 0 Å². The second-order valence-electron chi connectivity index (χ2n) is 14.7. The largest absolute Gasteiger partial charge is 0.507 e. The maximum absolute atomic E-state index is 10.1. The molecule has 0 fully saturated rings. The van der Waals surface area contributed by atoms with Crippen LogP contribution >= 0.6 is 0 Å². The van der Waals surface area contributed by atoms with Crippen molar-refractivity contribution in [3.8, 4) is 57.5 Å². The second-order valence-corrected chi connectivity index (χ2v) is 14.7. The Bertz CT molecular complexity index is 2040. The number of hydrogen-bond donors (Lipinski definition) is 2. The summed E-state index contributed by atoms with van der Waals surface area (Å²) < 4.78 is 25.1. The van der Waals surface area contributed by atoms with Crippen LogP contribution in [0.15, 0.2) is 97.1 Å². The average Bonchev–Trinajstić information content (AvgIpc) is 3.10. The first-order valence-corrected chi connectivity index (χ1v) is 17.8. The van der Waals surface area contributed by atoms with Gasteiger partial charge in [0.15, 0.2) is 0 Å². The summed E-state index contributed by atoms with van der Waals surface area (Å²) in [5.74, 6) is 6.50. The third kappa shape index (κ3) is 7.97. The third-order valence-corrected chi connectivity index (χ3v) is 9.86. The van der Waals surface area contributed by atoms with Gasteiger partial charge in [-0.2, -0.15) is 0 Å². The Balaban J connectivity index is 1.11. The number of aryl methyl sites for hydroxylation is 8. The van der Waals surface area contributed by atoms with Crippen LogP contribution in [0.4, 0.5) is 0 Å². The molecule has 6 heteroatoms. The molecular weight excluding hydrogens is 661 g/mol. The normalized spacial score (nSPS) is 11.4. The molecule has 0 unspecified atom stereocenters. The van der Waals surface area contributed by atoms with Crippen molar-refractivity contribution in [3.05, 3.63) is 153 Å². The van der Waals surface area contributed by atoms with Gasteiger partial charge in [-0.25, -0.2) is 0 Å². The molecule has 0 saturated carbocycles. The molecule has 53 heavy (non-hydrogen) atoms. The Morgan fingerprint density at radius 1 is 0.340 bits per heavy atom. The van der Waals surface area contributed by atoms with E-state index in [1.165, 1.54) is 0 Å². The van der Waals surface area contributed by atoms with Gasteiger partial charge in [-0.3, -0.25) is 0 Å². The second kappa shape index (κ2) is 14.6. The van der Waals surface area contributed by atoms with Crippen molar-refractivity contribution in [2.75, 3.05) is 0 Å². The van der Waals surface area contributed by atoms with Gasteiger partial charge in [-0.15, -0.1) is 0 Å². The molecule has 0 saturated heterocycles. The zero-order valence-electron chi connectivity index (χ0n) is 32.3. The van der Waals surface area contributed by atoms with Gasteiger partial charge in [-0.05, 0) is 184 Å². The zero-order valence-corrected chi connectivity index (χ0v) is 32.3. The molecule has 0 aliphatic rings. The summed E-state index contributed by atoms with van der Waals surface area (Å²) >= 11 is 0. The number of benzene rings is 6. The Morgan fingerprint density at radius 3 is 0.868 bits per heavy atom. The predicted molar refractivity (Wildman–Crippen MR) is 212 cm³/mol. The molecule has 0 aromatic heterocycles. The van der Waals surface area contributed by atoms with Gasteiger partial charge >= 0.3 is 0 Å². The molecule has 0 aliphatic carbocycles. The Hall–Kier alpha value is -5.88. The lowest BCUT2D eigenvalue weighted by atomic mass is 9.78. The molecular formula is C47H48O6. The molecule has 0 heterocycles. The molecule has 2 N–H and O–H groups in total. The van der Waals surface area contributed by atoms with Crippen molar-refractivity contribution in [1.82, 2.24) is 0 Å². The first-order chi connectivity index (χ1) is 25.1. The SMILES string of the molecule is Cc1cc(Oc2c(C)cc(Oc3ccc(C(C)(C)c4ccc(Oc5cc(C)c(Oc6cc(C)c(O)c(C)c6)c(C)c5)cc4)cc3)cc2C)cc(C)c1O. The summed E-state index contributed by atoms with van der Waals surface area (Å²) in [6, 6.07) is 31.8. The van der Waals surface area contributed by atoms with Crippen LogP contribution in [0.25, 0.3) is 0 Å². The van der Waals surface area contributed by atoms with E-state index in [1.54, 1.807) is 0 Å². The van der Waals surface area contributed by atoms with Crippen molar-refractivity contribution in [1.29, 1.82) is 0 Å². The molecule has 6 rings (SSSR count). The summed E-state index contributed by atoms with van der Waals surface area (Å²) in [6.45, 7) is 19.9. The Labute approximate surface area is 313 Å². The number of rotatable bonds is 10. The standard InChI is InChI=1S/C47H48O6/c1-27-19-41(20-28(2)43(27)48)52-45-31(5)23-39(24-32(45)6)50-37-15-11-35(12-16-37)47(9,10)36-13-17-38(18-14-36)51-40-25-33(7)46(34(8)26-40)53-42-21-29(3)44(49)30(4)22-42/h11-26,48-49H,1-10H3. The number of ether oxygens (including phenoxy) is 4. The third-order valence-electron chi connectivity index (χ3n) is 9.86. The van der Waals surface area contributed by atoms with Gasteiger partial charge in [-0.1, -0.05) is 38.1 Å². The molecule has 6 aromatic carbocycles. The van der Waals surface area contributed by atoms with E-state index in [0.29, 0.717) is 23.0 Å². The highest BCUT2D eigenvalue weighted by Gasteiger charge is 2.23. The van der Waals surface area contributed by atoms with E-state index in [-0.39, 0.29) is 5.41 Å². The molecule has 0 amide bonds. The fraction of sp³-hybridized carbons (Fsp3) is 0.234. The molecule has 0 bridgehead atoms. The number of hydrogen-bond acceptors (Lipinski definition) is 6. The maximum Gasteiger partial charge on any atom is 0.133 e. The highest BCUT2D eigenvalue weighted by Crippen LogP contribution is 2.39. The van der Waals surface area contributed by atoms with Crippen molar-refractivity contribution in [2.24, 2.45) is 0 Å². The zero-order chi connectivity index (χ0) is 38.2. The van der Waals surface area contributed by atoms with Crippen LogP contribution in [0.2, 0.25) is 0 Å². The lowest BCUT2D eigenvalue weighted by Crippen LogP contribution is -2.18. The molecule has 272 valence electrons. The molecule has 0 atom stereocenters. The molecule has 0 radical (unpaired) electrons. The van der Waals surface area contributed by atoms with Gasteiger partial charge in [0, 0.05) is 5.41 Å². The van der Waals surface area contributed by atoms with Crippen LogP contribution in [0.5, 0.6) is 57.5 Å². The van der Waals surface area contributed by atoms with E-state index in [9.17, 15) is 10.2 Å².